The number of hydrogen-bond acceptors (Lipinski definition) is 3. The van der Waals surface area contributed by atoms with E-state index in [1.807, 2.05) is 0 Å². The van der Waals surface area contributed by atoms with Gasteiger partial charge in [0.25, 0.3) is 0 Å². The summed E-state index contributed by atoms with van der Waals surface area (Å²) in [5, 5.41) is 0. The molecule has 3 aliphatic heterocycles. The second-order valence-corrected chi connectivity index (χ2v) is 6.53. The quantitative estimate of drug-likeness (QED) is 0.739. The van der Waals surface area contributed by atoms with E-state index in [-0.39, 0.29) is 0 Å². The fourth-order valence-electron chi connectivity index (χ4n) is 4.31. The van der Waals surface area contributed by atoms with E-state index >= 15 is 0 Å². The molecule has 3 unspecified atom stereocenters. The van der Waals surface area contributed by atoms with Crippen molar-refractivity contribution in [3.8, 4) is 0 Å². The zero-order valence-corrected chi connectivity index (χ0v) is 12.1. The predicted molar refractivity (Wildman–Crippen MR) is 75.9 cm³/mol. The van der Waals surface area contributed by atoms with Crippen molar-refractivity contribution in [1.29, 1.82) is 0 Å². The van der Waals surface area contributed by atoms with E-state index in [0.29, 0.717) is 0 Å². The summed E-state index contributed by atoms with van der Waals surface area (Å²) in [5.41, 5.74) is 0. The molecule has 0 spiro atoms. The van der Waals surface area contributed by atoms with Crippen LogP contribution in [0.25, 0.3) is 0 Å². The number of likely N-dealkylation sites (N-methyl/N-ethyl adjacent to an activating group) is 1. The van der Waals surface area contributed by atoms with E-state index in [4.69, 9.17) is 0 Å². The molecule has 3 saturated heterocycles. The minimum absolute atomic E-state index is 0.765. The smallest absolute Gasteiger partial charge is 0.0227 e. The SMILES string of the molecule is CCN1CCCC(N2CC3CCCN3CC2C)C1. The highest BCUT2D eigenvalue weighted by Crippen LogP contribution is 2.28. The molecule has 3 nitrogen and oxygen atoms in total. The topological polar surface area (TPSA) is 9.72 Å². The minimum Gasteiger partial charge on any atom is -0.302 e. The molecule has 0 N–H and O–H groups in total. The number of nitrogens with zero attached hydrogens (tertiary/aromatic N) is 3. The molecule has 18 heavy (non-hydrogen) atoms. The maximum absolute atomic E-state index is 2.84. The maximum Gasteiger partial charge on any atom is 0.0227 e. The molecule has 3 heteroatoms. The van der Waals surface area contributed by atoms with Gasteiger partial charge in [-0.05, 0) is 52.2 Å². The van der Waals surface area contributed by atoms with Gasteiger partial charge in [-0.3, -0.25) is 9.80 Å². The summed E-state index contributed by atoms with van der Waals surface area (Å²) < 4.78 is 0. The van der Waals surface area contributed by atoms with Crippen LogP contribution in [0.2, 0.25) is 0 Å². The van der Waals surface area contributed by atoms with Gasteiger partial charge >= 0.3 is 0 Å². The Bertz CT molecular complexity index is 281. The molecular weight excluding hydrogens is 222 g/mol. The Morgan fingerprint density at radius 2 is 1.72 bits per heavy atom. The van der Waals surface area contributed by atoms with Crippen LogP contribution in [0.3, 0.4) is 0 Å². The number of piperazine rings is 1. The molecule has 3 fully saturated rings. The summed E-state index contributed by atoms with van der Waals surface area (Å²) in [6.07, 6.45) is 5.69. The van der Waals surface area contributed by atoms with Gasteiger partial charge in [0.05, 0.1) is 0 Å². The largest absolute Gasteiger partial charge is 0.302 e. The van der Waals surface area contributed by atoms with Crippen molar-refractivity contribution < 1.29 is 0 Å². The monoisotopic (exact) mass is 251 g/mol. The second kappa shape index (κ2) is 5.48. The van der Waals surface area contributed by atoms with Crippen LogP contribution in [0.1, 0.15) is 39.5 Å². The summed E-state index contributed by atoms with van der Waals surface area (Å²) in [7, 11) is 0. The van der Waals surface area contributed by atoms with E-state index in [9.17, 15) is 0 Å². The lowest BCUT2D eigenvalue weighted by molar-refractivity contribution is 0.00169. The number of likely N-dealkylation sites (tertiary alicyclic amines) is 1. The Hall–Kier alpha value is -0.120. The molecular formula is C15H29N3. The molecule has 0 saturated carbocycles. The third kappa shape index (κ3) is 2.45. The highest BCUT2D eigenvalue weighted by Gasteiger charge is 2.38. The van der Waals surface area contributed by atoms with Gasteiger partial charge in [0, 0.05) is 37.8 Å². The summed E-state index contributed by atoms with van der Waals surface area (Å²) in [6, 6.07) is 2.47. The van der Waals surface area contributed by atoms with E-state index < -0.39 is 0 Å². The standard InChI is InChI=1S/C15H29N3/c1-3-16-8-4-7-15(11-16)18-12-14-6-5-9-17(14)10-13(18)2/h13-15H,3-12H2,1-2H3. The van der Waals surface area contributed by atoms with Gasteiger partial charge in [0.1, 0.15) is 0 Å². The summed E-state index contributed by atoms with van der Waals surface area (Å²) in [5.74, 6) is 0. The second-order valence-electron chi connectivity index (χ2n) is 6.53. The van der Waals surface area contributed by atoms with Crippen molar-refractivity contribution in [1.82, 2.24) is 14.7 Å². The summed E-state index contributed by atoms with van der Waals surface area (Å²) in [4.78, 5) is 8.22. The Morgan fingerprint density at radius 3 is 2.56 bits per heavy atom. The molecule has 3 atom stereocenters. The Kier molecular flexibility index (Phi) is 3.92. The zero-order chi connectivity index (χ0) is 12.5. The van der Waals surface area contributed by atoms with Crippen LogP contribution < -0.4 is 0 Å². The van der Waals surface area contributed by atoms with E-state index in [2.05, 4.69) is 28.5 Å². The molecule has 0 aromatic carbocycles. The van der Waals surface area contributed by atoms with Crippen molar-refractivity contribution >= 4 is 0 Å². The first-order chi connectivity index (χ1) is 8.78. The highest BCUT2D eigenvalue weighted by molar-refractivity contribution is 4.94. The van der Waals surface area contributed by atoms with Crippen molar-refractivity contribution in [2.24, 2.45) is 0 Å². The molecule has 3 aliphatic rings. The zero-order valence-electron chi connectivity index (χ0n) is 12.1. The average molecular weight is 251 g/mol. The van der Waals surface area contributed by atoms with Gasteiger partial charge in [0.15, 0.2) is 0 Å². The predicted octanol–water partition coefficient (Wildman–Crippen LogP) is 1.64. The van der Waals surface area contributed by atoms with Crippen LogP contribution in [0.4, 0.5) is 0 Å². The first-order valence-electron chi connectivity index (χ1n) is 8.00. The van der Waals surface area contributed by atoms with Gasteiger partial charge in [-0.1, -0.05) is 6.92 Å². The van der Waals surface area contributed by atoms with Gasteiger partial charge in [0.2, 0.25) is 0 Å². The van der Waals surface area contributed by atoms with Crippen LogP contribution in [0, 0.1) is 0 Å². The van der Waals surface area contributed by atoms with Gasteiger partial charge in [-0.15, -0.1) is 0 Å². The summed E-state index contributed by atoms with van der Waals surface area (Å²) in [6.45, 7) is 12.6. The average Bonchev–Trinajstić information content (AvgIpc) is 2.85. The Labute approximate surface area is 112 Å². The Balaban J connectivity index is 1.63. The molecule has 104 valence electrons. The molecule has 0 aromatic heterocycles. The molecule has 3 rings (SSSR count). The molecule has 0 bridgehead atoms. The lowest BCUT2D eigenvalue weighted by atomic mass is 9.99. The van der Waals surface area contributed by atoms with Crippen molar-refractivity contribution in [2.45, 2.75) is 57.7 Å². The maximum atomic E-state index is 2.84. The van der Waals surface area contributed by atoms with Crippen LogP contribution in [0.15, 0.2) is 0 Å². The summed E-state index contributed by atoms with van der Waals surface area (Å²) >= 11 is 0. The molecule has 0 aliphatic carbocycles. The van der Waals surface area contributed by atoms with Crippen LogP contribution in [-0.4, -0.2) is 72.1 Å². The van der Waals surface area contributed by atoms with Crippen molar-refractivity contribution in [3.05, 3.63) is 0 Å². The lowest BCUT2D eigenvalue weighted by Gasteiger charge is -2.48. The third-order valence-corrected chi connectivity index (χ3v) is 5.38. The Morgan fingerprint density at radius 1 is 0.944 bits per heavy atom. The lowest BCUT2D eigenvalue weighted by Crippen LogP contribution is -2.60. The van der Waals surface area contributed by atoms with Crippen LogP contribution in [0.5, 0.6) is 0 Å². The number of rotatable bonds is 2. The normalized spacial score (nSPS) is 40.0. The molecule has 0 radical (unpaired) electrons. The molecule has 3 heterocycles. The fraction of sp³-hybridized carbons (Fsp3) is 1.00. The third-order valence-electron chi connectivity index (χ3n) is 5.38. The fourth-order valence-corrected chi connectivity index (χ4v) is 4.31. The van der Waals surface area contributed by atoms with Crippen molar-refractivity contribution in [2.75, 3.05) is 39.3 Å². The number of fused-ring (bicyclic) bond motifs is 1. The van der Waals surface area contributed by atoms with Crippen molar-refractivity contribution in [3.63, 3.8) is 0 Å². The van der Waals surface area contributed by atoms with Gasteiger partial charge < -0.3 is 4.90 Å². The van der Waals surface area contributed by atoms with E-state index in [0.717, 1.165) is 18.1 Å². The van der Waals surface area contributed by atoms with Gasteiger partial charge in [-0.25, -0.2) is 0 Å². The van der Waals surface area contributed by atoms with E-state index in [1.165, 1.54) is 65.0 Å². The van der Waals surface area contributed by atoms with Crippen LogP contribution >= 0.6 is 0 Å². The minimum atomic E-state index is 0.765. The number of hydrogen-bond donors (Lipinski definition) is 0. The van der Waals surface area contributed by atoms with E-state index in [1.54, 1.807) is 0 Å². The highest BCUT2D eigenvalue weighted by atomic mass is 15.3. The number of piperidine rings is 1. The van der Waals surface area contributed by atoms with Gasteiger partial charge in [-0.2, -0.15) is 0 Å². The molecule has 0 aromatic rings. The first kappa shape index (κ1) is 12.9. The van der Waals surface area contributed by atoms with Crippen LogP contribution in [-0.2, 0) is 0 Å². The first-order valence-corrected chi connectivity index (χ1v) is 8.00. The molecule has 0 amide bonds.